The zero-order valence-corrected chi connectivity index (χ0v) is 14.4. The number of anilines is 3. The van der Waals surface area contributed by atoms with Crippen LogP contribution in [0.25, 0.3) is 22.7 Å². The van der Waals surface area contributed by atoms with Gasteiger partial charge < -0.3 is 15.5 Å². The summed E-state index contributed by atoms with van der Waals surface area (Å²) in [4.78, 5) is 12.9. The lowest BCUT2D eigenvalue weighted by molar-refractivity contribution is 0.607. The van der Waals surface area contributed by atoms with Gasteiger partial charge in [-0.1, -0.05) is 17.7 Å². The third kappa shape index (κ3) is 3.50. The van der Waals surface area contributed by atoms with Crippen LogP contribution in [0, 0.1) is 0 Å². The van der Waals surface area contributed by atoms with Crippen LogP contribution >= 0.6 is 24.0 Å². The molecule has 0 bridgehead atoms. The predicted octanol–water partition coefficient (Wildman–Crippen LogP) is 4.69. The van der Waals surface area contributed by atoms with Crippen LogP contribution in [0.3, 0.4) is 0 Å². The zero-order chi connectivity index (χ0) is 16.5. The van der Waals surface area contributed by atoms with Gasteiger partial charge in [0.25, 0.3) is 5.71 Å². The third-order valence-corrected chi connectivity index (χ3v) is 3.68. The van der Waals surface area contributed by atoms with E-state index in [-0.39, 0.29) is 12.4 Å². The minimum atomic E-state index is 0. The summed E-state index contributed by atoms with van der Waals surface area (Å²) in [5, 5.41) is 3.82. The molecule has 0 atom stereocenters. The van der Waals surface area contributed by atoms with E-state index in [1.807, 2.05) is 24.3 Å². The van der Waals surface area contributed by atoms with E-state index in [0.29, 0.717) is 33.6 Å². The van der Waals surface area contributed by atoms with E-state index in [4.69, 9.17) is 21.8 Å². The van der Waals surface area contributed by atoms with Gasteiger partial charge in [-0.2, -0.15) is 4.98 Å². The number of nitrogens with one attached hydrogen (secondary N) is 1. The van der Waals surface area contributed by atoms with Gasteiger partial charge in [-0.25, -0.2) is 9.97 Å². The molecular weight excluding hydrogens is 361 g/mol. The first-order valence-corrected chi connectivity index (χ1v) is 7.57. The maximum atomic E-state index is 6.01. The maximum Gasteiger partial charge on any atom is 0.252 e. The summed E-state index contributed by atoms with van der Waals surface area (Å²) in [5.41, 5.74) is 8.96. The lowest BCUT2D eigenvalue weighted by Gasteiger charge is -2.05. The van der Waals surface area contributed by atoms with Crippen molar-refractivity contribution in [3.63, 3.8) is 0 Å². The lowest BCUT2D eigenvalue weighted by atomic mass is 10.2. The van der Waals surface area contributed by atoms with Gasteiger partial charge in [-0.05, 0) is 42.5 Å². The van der Waals surface area contributed by atoms with E-state index >= 15 is 0 Å². The highest BCUT2D eigenvalue weighted by atomic mass is 35.5. The van der Waals surface area contributed by atoms with Gasteiger partial charge in [0, 0.05) is 22.0 Å². The Kier molecular flexibility index (Phi) is 4.74. The van der Waals surface area contributed by atoms with Crippen molar-refractivity contribution in [2.24, 2.45) is 0 Å². The van der Waals surface area contributed by atoms with E-state index < -0.39 is 0 Å². The SMILES string of the molecule is Cl.Nc1ccc(-c2nc3c(Nc4cccc(Cl)c4)ncnc3o2)cc1. The molecule has 3 N–H and O–H groups in total. The highest BCUT2D eigenvalue weighted by Gasteiger charge is 2.14. The first-order valence-electron chi connectivity index (χ1n) is 7.19. The summed E-state index contributed by atoms with van der Waals surface area (Å²) in [6.07, 6.45) is 1.42. The zero-order valence-electron chi connectivity index (χ0n) is 12.8. The van der Waals surface area contributed by atoms with E-state index in [2.05, 4.69) is 20.3 Å². The molecule has 0 unspecified atom stereocenters. The molecule has 0 radical (unpaired) electrons. The minimum Gasteiger partial charge on any atom is -0.417 e. The number of aromatic nitrogens is 3. The highest BCUT2D eigenvalue weighted by Crippen LogP contribution is 2.28. The Balaban J connectivity index is 0.00000182. The van der Waals surface area contributed by atoms with Crippen molar-refractivity contribution in [1.82, 2.24) is 15.0 Å². The first-order chi connectivity index (χ1) is 11.7. The molecule has 8 heteroatoms. The van der Waals surface area contributed by atoms with Gasteiger partial charge in [-0.15, -0.1) is 12.4 Å². The molecular formula is C17H13Cl2N5O. The number of hydrogen-bond acceptors (Lipinski definition) is 6. The van der Waals surface area contributed by atoms with Crippen molar-refractivity contribution < 1.29 is 4.42 Å². The van der Waals surface area contributed by atoms with Gasteiger partial charge in [0.2, 0.25) is 5.89 Å². The number of benzene rings is 2. The maximum absolute atomic E-state index is 6.01. The molecule has 0 aliphatic heterocycles. The largest absolute Gasteiger partial charge is 0.417 e. The van der Waals surface area contributed by atoms with Crippen LogP contribution in [0.1, 0.15) is 0 Å². The van der Waals surface area contributed by atoms with Crippen molar-refractivity contribution in [3.8, 4) is 11.5 Å². The van der Waals surface area contributed by atoms with E-state index in [1.165, 1.54) is 6.33 Å². The normalized spacial score (nSPS) is 10.4. The van der Waals surface area contributed by atoms with E-state index in [1.54, 1.807) is 24.3 Å². The van der Waals surface area contributed by atoms with Crippen molar-refractivity contribution in [3.05, 3.63) is 59.9 Å². The molecule has 126 valence electrons. The molecule has 0 spiro atoms. The molecule has 0 saturated carbocycles. The molecule has 0 amide bonds. The third-order valence-electron chi connectivity index (χ3n) is 3.44. The molecule has 0 saturated heterocycles. The number of halogens is 2. The van der Waals surface area contributed by atoms with Crippen LogP contribution in [0.2, 0.25) is 5.02 Å². The number of nitrogens with zero attached hydrogens (tertiary/aromatic N) is 3. The molecule has 4 rings (SSSR count). The fraction of sp³-hybridized carbons (Fsp3) is 0. The van der Waals surface area contributed by atoms with Gasteiger partial charge in [-0.3, -0.25) is 0 Å². The topological polar surface area (TPSA) is 89.9 Å². The lowest BCUT2D eigenvalue weighted by Crippen LogP contribution is -1.95. The fourth-order valence-electron chi connectivity index (χ4n) is 2.30. The average Bonchev–Trinajstić information content (AvgIpc) is 3.01. The van der Waals surface area contributed by atoms with Crippen LogP contribution in [0.15, 0.2) is 59.3 Å². The number of oxazole rings is 1. The van der Waals surface area contributed by atoms with Gasteiger partial charge in [0.1, 0.15) is 6.33 Å². The van der Waals surface area contributed by atoms with Crippen LogP contribution in [-0.4, -0.2) is 15.0 Å². The van der Waals surface area contributed by atoms with E-state index in [9.17, 15) is 0 Å². The van der Waals surface area contributed by atoms with Gasteiger partial charge in [0.05, 0.1) is 0 Å². The Labute approximate surface area is 154 Å². The summed E-state index contributed by atoms with van der Waals surface area (Å²) in [6, 6.07) is 14.6. The summed E-state index contributed by atoms with van der Waals surface area (Å²) < 4.78 is 5.73. The monoisotopic (exact) mass is 373 g/mol. The van der Waals surface area contributed by atoms with Crippen molar-refractivity contribution in [2.45, 2.75) is 0 Å². The Morgan fingerprint density at radius 1 is 1.04 bits per heavy atom. The molecule has 0 fully saturated rings. The number of nitrogens with two attached hydrogens (primary N) is 1. The summed E-state index contributed by atoms with van der Waals surface area (Å²) in [5.74, 6) is 1.01. The number of fused-ring (bicyclic) bond motifs is 1. The summed E-state index contributed by atoms with van der Waals surface area (Å²) >= 11 is 6.01. The molecule has 2 aromatic heterocycles. The first kappa shape index (κ1) is 17.0. The molecule has 25 heavy (non-hydrogen) atoms. The van der Waals surface area contributed by atoms with Crippen LogP contribution < -0.4 is 11.1 Å². The van der Waals surface area contributed by atoms with Gasteiger partial charge in [0.15, 0.2) is 11.3 Å². The Bertz CT molecular complexity index is 1020. The van der Waals surface area contributed by atoms with Gasteiger partial charge >= 0.3 is 0 Å². The summed E-state index contributed by atoms with van der Waals surface area (Å²) in [7, 11) is 0. The Morgan fingerprint density at radius 2 is 1.84 bits per heavy atom. The number of nitrogen functional groups attached to an aromatic ring is 1. The van der Waals surface area contributed by atoms with Crippen LogP contribution in [-0.2, 0) is 0 Å². The molecule has 2 aromatic carbocycles. The standard InChI is InChI=1S/C17H12ClN5O.ClH/c18-11-2-1-3-13(8-11)22-15-14-17(21-9-20-15)24-16(23-14)10-4-6-12(19)7-5-10;/h1-9H,19H2,(H,20,21,22);1H. The second-order valence-electron chi connectivity index (χ2n) is 5.15. The van der Waals surface area contributed by atoms with E-state index in [0.717, 1.165) is 11.3 Å². The second-order valence-corrected chi connectivity index (χ2v) is 5.59. The van der Waals surface area contributed by atoms with Crippen LogP contribution in [0.4, 0.5) is 17.2 Å². The quantitative estimate of drug-likeness (QED) is 0.506. The van der Waals surface area contributed by atoms with Crippen molar-refractivity contribution in [1.29, 1.82) is 0 Å². The van der Waals surface area contributed by atoms with Crippen molar-refractivity contribution in [2.75, 3.05) is 11.1 Å². The summed E-state index contributed by atoms with van der Waals surface area (Å²) in [6.45, 7) is 0. The minimum absolute atomic E-state index is 0. The molecule has 0 aliphatic rings. The smallest absolute Gasteiger partial charge is 0.252 e. The number of hydrogen-bond donors (Lipinski definition) is 2. The fourth-order valence-corrected chi connectivity index (χ4v) is 2.49. The molecule has 0 aliphatic carbocycles. The average molecular weight is 374 g/mol. The highest BCUT2D eigenvalue weighted by molar-refractivity contribution is 6.30. The molecule has 2 heterocycles. The molecule has 4 aromatic rings. The van der Waals surface area contributed by atoms with Crippen LogP contribution in [0.5, 0.6) is 0 Å². The molecule has 6 nitrogen and oxygen atoms in total. The Hall–Kier alpha value is -2.83. The second kappa shape index (κ2) is 6.96. The Morgan fingerprint density at radius 3 is 2.60 bits per heavy atom. The predicted molar refractivity (Wildman–Crippen MR) is 101 cm³/mol. The van der Waals surface area contributed by atoms with Crippen molar-refractivity contribution >= 4 is 52.4 Å². The number of rotatable bonds is 3.